The van der Waals surface area contributed by atoms with Crippen LogP contribution in [0.25, 0.3) is 0 Å². The second kappa shape index (κ2) is 5.60. The standard InChI is InChI=1S/C14H24N2O4/c1-14(2,3)20-13(18)16-10-6-5-9(7-10)15-8-11(16)12(17)19-4/h9-11,15H,5-8H2,1-4H3. The summed E-state index contributed by atoms with van der Waals surface area (Å²) in [6, 6.07) is -0.182. The molecule has 1 saturated heterocycles. The maximum Gasteiger partial charge on any atom is 0.411 e. The molecule has 3 atom stereocenters. The summed E-state index contributed by atoms with van der Waals surface area (Å²) < 4.78 is 10.3. The molecule has 3 unspecified atom stereocenters. The predicted octanol–water partition coefficient (Wildman–Crippen LogP) is 1.29. The van der Waals surface area contributed by atoms with Crippen LogP contribution in [0.4, 0.5) is 4.79 Å². The van der Waals surface area contributed by atoms with Gasteiger partial charge in [-0.15, -0.1) is 0 Å². The van der Waals surface area contributed by atoms with Crippen molar-refractivity contribution in [1.29, 1.82) is 0 Å². The molecule has 0 aromatic rings. The van der Waals surface area contributed by atoms with Crippen LogP contribution in [0.3, 0.4) is 0 Å². The Kier molecular flexibility index (Phi) is 4.22. The Morgan fingerprint density at radius 2 is 1.95 bits per heavy atom. The summed E-state index contributed by atoms with van der Waals surface area (Å²) in [5.41, 5.74) is -0.574. The third-order valence-corrected chi connectivity index (χ3v) is 3.81. The van der Waals surface area contributed by atoms with Gasteiger partial charge in [-0.2, -0.15) is 0 Å². The maximum atomic E-state index is 12.5. The Balaban J connectivity index is 2.21. The monoisotopic (exact) mass is 284 g/mol. The highest BCUT2D eigenvalue weighted by molar-refractivity contribution is 5.82. The number of rotatable bonds is 1. The minimum absolute atomic E-state index is 0.0500. The normalized spacial score (nSPS) is 29.8. The topological polar surface area (TPSA) is 67.9 Å². The van der Waals surface area contributed by atoms with E-state index in [0.29, 0.717) is 12.6 Å². The van der Waals surface area contributed by atoms with Crippen molar-refractivity contribution in [2.24, 2.45) is 0 Å². The van der Waals surface area contributed by atoms with Crippen LogP contribution < -0.4 is 5.32 Å². The SMILES string of the molecule is COC(=O)C1CNC2CCC(C2)N1C(=O)OC(C)(C)C. The molecule has 0 spiro atoms. The van der Waals surface area contributed by atoms with Crippen LogP contribution in [0.1, 0.15) is 40.0 Å². The highest BCUT2D eigenvalue weighted by atomic mass is 16.6. The van der Waals surface area contributed by atoms with E-state index in [1.165, 1.54) is 7.11 Å². The van der Waals surface area contributed by atoms with E-state index >= 15 is 0 Å². The zero-order chi connectivity index (χ0) is 14.9. The van der Waals surface area contributed by atoms with E-state index < -0.39 is 23.7 Å². The highest BCUT2D eigenvalue weighted by Gasteiger charge is 2.44. The first-order valence-electron chi connectivity index (χ1n) is 7.14. The van der Waals surface area contributed by atoms with Gasteiger partial charge in [-0.3, -0.25) is 4.90 Å². The van der Waals surface area contributed by atoms with Crippen LogP contribution in [-0.4, -0.2) is 54.3 Å². The van der Waals surface area contributed by atoms with Gasteiger partial charge in [0.2, 0.25) is 0 Å². The van der Waals surface area contributed by atoms with Crippen molar-refractivity contribution in [3.63, 3.8) is 0 Å². The van der Waals surface area contributed by atoms with Gasteiger partial charge in [0.25, 0.3) is 0 Å². The molecule has 0 aromatic carbocycles. The number of nitrogens with one attached hydrogen (secondary N) is 1. The van der Waals surface area contributed by atoms with Crippen LogP contribution in [0.15, 0.2) is 0 Å². The fraction of sp³-hybridized carbons (Fsp3) is 0.857. The molecule has 2 rings (SSSR count). The zero-order valence-corrected chi connectivity index (χ0v) is 12.6. The number of ether oxygens (including phenoxy) is 2. The summed E-state index contributed by atoms with van der Waals surface area (Å²) in [5, 5.41) is 3.34. The zero-order valence-electron chi connectivity index (χ0n) is 12.6. The number of nitrogens with zero attached hydrogens (tertiary/aromatic N) is 1. The van der Waals surface area contributed by atoms with Gasteiger partial charge in [0, 0.05) is 18.6 Å². The lowest BCUT2D eigenvalue weighted by Gasteiger charge is -2.35. The summed E-state index contributed by atoms with van der Waals surface area (Å²) in [7, 11) is 1.35. The van der Waals surface area contributed by atoms with Crippen LogP contribution in [0.2, 0.25) is 0 Å². The van der Waals surface area contributed by atoms with Gasteiger partial charge in [0.15, 0.2) is 0 Å². The van der Waals surface area contributed by atoms with Gasteiger partial charge in [-0.25, -0.2) is 9.59 Å². The molecule has 2 aliphatic rings. The van der Waals surface area contributed by atoms with E-state index in [2.05, 4.69) is 5.32 Å². The number of carbonyl (C=O) groups excluding carboxylic acids is 2. The molecule has 20 heavy (non-hydrogen) atoms. The first-order chi connectivity index (χ1) is 9.31. The number of fused-ring (bicyclic) bond motifs is 2. The quantitative estimate of drug-likeness (QED) is 0.735. The van der Waals surface area contributed by atoms with Crippen molar-refractivity contribution in [3.05, 3.63) is 0 Å². The van der Waals surface area contributed by atoms with Gasteiger partial charge < -0.3 is 14.8 Å². The molecular weight excluding hydrogens is 260 g/mol. The fourth-order valence-corrected chi connectivity index (χ4v) is 2.95. The van der Waals surface area contributed by atoms with Crippen molar-refractivity contribution < 1.29 is 19.1 Å². The van der Waals surface area contributed by atoms with E-state index in [1.54, 1.807) is 4.90 Å². The summed E-state index contributed by atoms with van der Waals surface area (Å²) in [4.78, 5) is 26.0. The molecule has 1 amide bonds. The number of hydrogen-bond acceptors (Lipinski definition) is 5. The van der Waals surface area contributed by atoms with Crippen molar-refractivity contribution in [3.8, 4) is 0 Å². The Bertz CT molecular complexity index is 391. The van der Waals surface area contributed by atoms with Gasteiger partial charge in [-0.05, 0) is 40.0 Å². The Labute approximate surface area is 119 Å². The second-order valence-electron chi connectivity index (χ2n) is 6.50. The van der Waals surface area contributed by atoms with Gasteiger partial charge >= 0.3 is 12.1 Å². The van der Waals surface area contributed by atoms with Crippen molar-refractivity contribution >= 4 is 12.1 Å². The lowest BCUT2D eigenvalue weighted by atomic mass is 10.1. The molecule has 0 radical (unpaired) electrons. The average Bonchev–Trinajstić information content (AvgIpc) is 2.68. The Morgan fingerprint density at radius 1 is 1.25 bits per heavy atom. The molecule has 2 bridgehead atoms. The second-order valence-corrected chi connectivity index (χ2v) is 6.50. The molecular formula is C14H24N2O4. The smallest absolute Gasteiger partial charge is 0.411 e. The fourth-order valence-electron chi connectivity index (χ4n) is 2.95. The van der Waals surface area contributed by atoms with Gasteiger partial charge in [-0.1, -0.05) is 0 Å². The van der Waals surface area contributed by atoms with Crippen LogP contribution in [0.5, 0.6) is 0 Å². The highest BCUT2D eigenvalue weighted by Crippen LogP contribution is 2.30. The third-order valence-electron chi connectivity index (χ3n) is 3.81. The molecule has 1 saturated carbocycles. The minimum Gasteiger partial charge on any atom is -0.467 e. The number of hydrogen-bond donors (Lipinski definition) is 1. The predicted molar refractivity (Wildman–Crippen MR) is 73.3 cm³/mol. The molecule has 6 nitrogen and oxygen atoms in total. The van der Waals surface area contributed by atoms with E-state index in [-0.39, 0.29) is 6.04 Å². The molecule has 1 heterocycles. The number of methoxy groups -OCH3 is 1. The number of carbonyl (C=O) groups is 2. The summed E-state index contributed by atoms with van der Waals surface area (Å²) in [5.74, 6) is -0.393. The summed E-state index contributed by atoms with van der Waals surface area (Å²) in [6.45, 7) is 5.90. The van der Waals surface area contributed by atoms with Crippen LogP contribution in [0, 0.1) is 0 Å². The lowest BCUT2D eigenvalue weighted by molar-refractivity contribution is -0.147. The number of esters is 1. The summed E-state index contributed by atoms with van der Waals surface area (Å²) >= 11 is 0. The van der Waals surface area contributed by atoms with E-state index in [1.807, 2.05) is 20.8 Å². The molecule has 1 aliphatic heterocycles. The van der Waals surface area contributed by atoms with Crippen molar-refractivity contribution in [2.45, 2.75) is 63.8 Å². The largest absolute Gasteiger partial charge is 0.467 e. The molecule has 6 heteroatoms. The van der Waals surface area contributed by atoms with Crippen LogP contribution in [-0.2, 0) is 14.3 Å². The third kappa shape index (κ3) is 3.23. The van der Waals surface area contributed by atoms with Gasteiger partial charge in [0.05, 0.1) is 7.11 Å². The molecule has 1 aliphatic carbocycles. The Hall–Kier alpha value is -1.30. The van der Waals surface area contributed by atoms with E-state index in [4.69, 9.17) is 9.47 Å². The average molecular weight is 284 g/mol. The minimum atomic E-state index is -0.606. The van der Waals surface area contributed by atoms with Crippen LogP contribution >= 0.6 is 0 Å². The van der Waals surface area contributed by atoms with E-state index in [9.17, 15) is 9.59 Å². The lowest BCUT2D eigenvalue weighted by Crippen LogP contribution is -2.54. The molecule has 2 fully saturated rings. The molecule has 1 N–H and O–H groups in total. The molecule has 114 valence electrons. The first-order valence-corrected chi connectivity index (χ1v) is 7.14. The Morgan fingerprint density at radius 3 is 2.55 bits per heavy atom. The van der Waals surface area contributed by atoms with Crippen molar-refractivity contribution in [2.75, 3.05) is 13.7 Å². The maximum absolute atomic E-state index is 12.5. The summed E-state index contributed by atoms with van der Waals surface area (Å²) in [6.07, 6.45) is 2.36. The first kappa shape index (κ1) is 15.1. The molecule has 0 aromatic heterocycles. The number of amides is 1. The van der Waals surface area contributed by atoms with E-state index in [0.717, 1.165) is 19.3 Å². The van der Waals surface area contributed by atoms with Crippen molar-refractivity contribution in [1.82, 2.24) is 10.2 Å². The van der Waals surface area contributed by atoms with Gasteiger partial charge in [0.1, 0.15) is 11.6 Å².